The van der Waals surface area contributed by atoms with E-state index >= 15 is 0 Å². The van der Waals surface area contributed by atoms with Crippen molar-refractivity contribution < 1.29 is 18.9 Å². The van der Waals surface area contributed by atoms with Crippen LogP contribution >= 0.6 is 0 Å². The van der Waals surface area contributed by atoms with Crippen molar-refractivity contribution in [1.29, 1.82) is 0 Å². The lowest BCUT2D eigenvalue weighted by atomic mass is 10.0. The molecular weight excluding hydrogens is 258 g/mol. The Morgan fingerprint density at radius 2 is 2.35 bits per heavy atom. The van der Waals surface area contributed by atoms with Crippen LogP contribution in [0.1, 0.15) is 25.5 Å². The summed E-state index contributed by atoms with van der Waals surface area (Å²) in [6.45, 7) is 4.85. The predicted molar refractivity (Wildman–Crippen MR) is 73.0 cm³/mol. The second kappa shape index (κ2) is 7.09. The maximum absolute atomic E-state index is 11.8. The Bertz CT molecular complexity index is 445. The van der Waals surface area contributed by atoms with E-state index in [0.717, 1.165) is 19.5 Å². The molecule has 1 fully saturated rings. The van der Waals surface area contributed by atoms with Crippen molar-refractivity contribution in [3.8, 4) is 0 Å². The smallest absolute Gasteiger partial charge is 0.321 e. The summed E-state index contributed by atoms with van der Waals surface area (Å²) < 4.78 is 5.09. The standard InChI is InChI=1S/C14H21N3O3/c1-11-4-2-6-17(9-11)10-13(18)16-14(19)15-8-12-5-3-7-20-12/h3,5,7,11H,2,4,6,8-10H2,1H3,(H2,15,16,18,19)/p+1/t11-/m0/s1. The molecule has 2 atom stereocenters. The van der Waals surface area contributed by atoms with E-state index in [4.69, 9.17) is 4.42 Å². The summed E-state index contributed by atoms with van der Waals surface area (Å²) >= 11 is 0. The molecule has 0 radical (unpaired) electrons. The molecule has 6 nitrogen and oxygen atoms in total. The van der Waals surface area contributed by atoms with Crippen molar-refractivity contribution in [3.63, 3.8) is 0 Å². The Balaban J connectivity index is 1.67. The number of carbonyl (C=O) groups excluding carboxylic acids is 2. The Hall–Kier alpha value is -1.82. The van der Waals surface area contributed by atoms with Crippen molar-refractivity contribution in [2.75, 3.05) is 19.6 Å². The second-order valence-corrected chi connectivity index (χ2v) is 5.44. The Labute approximate surface area is 118 Å². The van der Waals surface area contributed by atoms with E-state index in [-0.39, 0.29) is 12.5 Å². The zero-order chi connectivity index (χ0) is 14.4. The quantitative estimate of drug-likeness (QED) is 0.722. The van der Waals surface area contributed by atoms with Gasteiger partial charge in [-0.15, -0.1) is 0 Å². The highest BCUT2D eigenvalue weighted by Gasteiger charge is 2.22. The zero-order valence-corrected chi connectivity index (χ0v) is 11.8. The number of hydrogen-bond donors (Lipinski definition) is 3. The van der Waals surface area contributed by atoms with Gasteiger partial charge in [-0.2, -0.15) is 0 Å². The molecule has 1 unspecified atom stereocenters. The molecule has 3 N–H and O–H groups in total. The number of urea groups is 1. The van der Waals surface area contributed by atoms with Gasteiger partial charge in [-0.05, 0) is 25.0 Å². The van der Waals surface area contributed by atoms with E-state index in [1.165, 1.54) is 11.3 Å². The summed E-state index contributed by atoms with van der Waals surface area (Å²) in [5, 5.41) is 4.94. The molecule has 6 heteroatoms. The normalized spacial score (nSPS) is 22.2. The number of carbonyl (C=O) groups is 2. The van der Waals surface area contributed by atoms with Crippen LogP contribution in [-0.2, 0) is 11.3 Å². The maximum atomic E-state index is 11.8. The van der Waals surface area contributed by atoms with E-state index in [2.05, 4.69) is 17.6 Å². The van der Waals surface area contributed by atoms with Gasteiger partial charge in [-0.3, -0.25) is 10.1 Å². The Kier molecular flexibility index (Phi) is 5.17. The summed E-state index contributed by atoms with van der Waals surface area (Å²) in [5.41, 5.74) is 0. The van der Waals surface area contributed by atoms with Gasteiger partial charge in [-0.1, -0.05) is 6.92 Å². The number of rotatable bonds is 4. The molecule has 2 heterocycles. The molecule has 1 saturated heterocycles. The summed E-state index contributed by atoms with van der Waals surface area (Å²) in [7, 11) is 0. The van der Waals surface area contributed by atoms with Gasteiger partial charge in [-0.25, -0.2) is 4.79 Å². The summed E-state index contributed by atoms with van der Waals surface area (Å²) in [5.74, 6) is 1.08. The van der Waals surface area contributed by atoms with Gasteiger partial charge < -0.3 is 14.6 Å². The third-order valence-corrected chi connectivity index (χ3v) is 3.53. The molecule has 0 spiro atoms. The first-order valence-electron chi connectivity index (χ1n) is 7.07. The summed E-state index contributed by atoms with van der Waals surface area (Å²) in [6, 6.07) is 3.04. The largest absolute Gasteiger partial charge is 0.467 e. The molecule has 20 heavy (non-hydrogen) atoms. The van der Waals surface area contributed by atoms with Crippen LogP contribution in [0.2, 0.25) is 0 Å². The minimum Gasteiger partial charge on any atom is -0.467 e. The molecule has 2 rings (SSSR count). The third-order valence-electron chi connectivity index (χ3n) is 3.53. The van der Waals surface area contributed by atoms with E-state index in [1.54, 1.807) is 18.4 Å². The first-order chi connectivity index (χ1) is 9.63. The number of quaternary nitrogens is 1. The monoisotopic (exact) mass is 280 g/mol. The van der Waals surface area contributed by atoms with Crippen LogP contribution in [0.15, 0.2) is 22.8 Å². The van der Waals surface area contributed by atoms with E-state index in [9.17, 15) is 9.59 Å². The fourth-order valence-corrected chi connectivity index (χ4v) is 2.58. The predicted octanol–water partition coefficient (Wildman–Crippen LogP) is -0.0798. The van der Waals surface area contributed by atoms with Crippen LogP contribution in [0.4, 0.5) is 4.79 Å². The minimum atomic E-state index is -0.476. The van der Waals surface area contributed by atoms with Gasteiger partial charge in [0.05, 0.1) is 25.9 Å². The zero-order valence-electron chi connectivity index (χ0n) is 11.8. The van der Waals surface area contributed by atoms with Crippen LogP contribution in [-0.4, -0.2) is 31.6 Å². The SMILES string of the molecule is C[C@H]1CCC[NH+](CC(=O)NC(=O)NCc2ccco2)C1. The third kappa shape index (κ3) is 4.70. The molecule has 0 aliphatic carbocycles. The molecule has 1 aromatic rings. The molecule has 0 bridgehead atoms. The van der Waals surface area contributed by atoms with Crippen LogP contribution in [0.5, 0.6) is 0 Å². The Morgan fingerprint density at radius 1 is 1.50 bits per heavy atom. The summed E-state index contributed by atoms with van der Waals surface area (Å²) in [6.07, 6.45) is 3.92. The van der Waals surface area contributed by atoms with Gasteiger partial charge in [0, 0.05) is 5.92 Å². The average Bonchev–Trinajstić information content (AvgIpc) is 2.89. The van der Waals surface area contributed by atoms with E-state index in [1.807, 2.05) is 0 Å². The molecule has 1 aliphatic rings. The number of imide groups is 1. The number of hydrogen-bond acceptors (Lipinski definition) is 3. The number of amides is 3. The highest BCUT2D eigenvalue weighted by Crippen LogP contribution is 2.04. The fraction of sp³-hybridized carbons (Fsp3) is 0.571. The lowest BCUT2D eigenvalue weighted by Gasteiger charge is -2.27. The van der Waals surface area contributed by atoms with Crippen molar-refractivity contribution in [3.05, 3.63) is 24.2 Å². The molecule has 0 aromatic carbocycles. The van der Waals surface area contributed by atoms with Gasteiger partial charge >= 0.3 is 6.03 Å². The minimum absolute atomic E-state index is 0.231. The molecule has 1 aromatic heterocycles. The van der Waals surface area contributed by atoms with Gasteiger partial charge in [0.1, 0.15) is 5.76 Å². The van der Waals surface area contributed by atoms with Crippen LogP contribution in [0.3, 0.4) is 0 Å². The highest BCUT2D eigenvalue weighted by atomic mass is 16.3. The molecule has 110 valence electrons. The molecule has 0 saturated carbocycles. The van der Waals surface area contributed by atoms with Crippen molar-refractivity contribution in [1.82, 2.24) is 10.6 Å². The Morgan fingerprint density at radius 3 is 3.05 bits per heavy atom. The van der Waals surface area contributed by atoms with Crippen LogP contribution in [0.25, 0.3) is 0 Å². The van der Waals surface area contributed by atoms with Gasteiger partial charge in [0.15, 0.2) is 6.54 Å². The maximum Gasteiger partial charge on any atom is 0.321 e. The number of nitrogens with one attached hydrogen (secondary N) is 3. The lowest BCUT2D eigenvalue weighted by molar-refractivity contribution is -0.900. The number of likely N-dealkylation sites (tertiary alicyclic amines) is 1. The first kappa shape index (κ1) is 14.6. The number of piperidine rings is 1. The van der Waals surface area contributed by atoms with Crippen LogP contribution in [0, 0.1) is 5.92 Å². The average molecular weight is 280 g/mol. The fourth-order valence-electron chi connectivity index (χ4n) is 2.58. The second-order valence-electron chi connectivity index (χ2n) is 5.44. The molecule has 3 amide bonds. The summed E-state index contributed by atoms with van der Waals surface area (Å²) in [4.78, 5) is 24.6. The first-order valence-corrected chi connectivity index (χ1v) is 7.07. The lowest BCUT2D eigenvalue weighted by Crippen LogP contribution is -3.14. The van der Waals surface area contributed by atoms with Crippen molar-refractivity contribution in [2.24, 2.45) is 5.92 Å². The van der Waals surface area contributed by atoms with E-state index in [0.29, 0.717) is 18.2 Å². The van der Waals surface area contributed by atoms with Crippen LogP contribution < -0.4 is 15.5 Å². The van der Waals surface area contributed by atoms with E-state index < -0.39 is 6.03 Å². The number of furan rings is 1. The topological polar surface area (TPSA) is 75.8 Å². The molecular formula is C14H22N3O3+. The van der Waals surface area contributed by atoms with Crippen molar-refractivity contribution >= 4 is 11.9 Å². The molecule has 1 aliphatic heterocycles. The highest BCUT2D eigenvalue weighted by molar-refractivity contribution is 5.94. The van der Waals surface area contributed by atoms with Crippen molar-refractivity contribution in [2.45, 2.75) is 26.3 Å². The van der Waals surface area contributed by atoms with Gasteiger partial charge in [0.2, 0.25) is 0 Å². The van der Waals surface area contributed by atoms with Gasteiger partial charge in [0.25, 0.3) is 5.91 Å².